The Labute approximate surface area is 210 Å². The smallest absolute Gasteiger partial charge is 0.237 e. The van der Waals surface area contributed by atoms with Gasteiger partial charge in [-0.2, -0.15) is 10.4 Å². The number of rotatable bonds is 8. The number of aryl methyl sites for hydroxylation is 1. The molecule has 1 aliphatic rings. The number of nitrogens with one attached hydrogen (secondary N) is 2. The van der Waals surface area contributed by atoms with Crippen LogP contribution in [-0.4, -0.2) is 41.1 Å². The molecular formula is C28H28N6O2. The molecule has 36 heavy (non-hydrogen) atoms. The standard InChI is InChI=1S/C28H28N6O2/c1-34-18-23(16-33-34)22-13-25-28(32-15-22)36-26(17-31-25)27(21-7-9-24(35-2)10-8-21)30-12-11-19-3-5-20(14-29)6-4-19/h3-10,13,15-16,18,26-27,30-31H,11-12,17H2,1-2H3/t26-,27+/m1/s1. The molecule has 182 valence electrons. The van der Waals surface area contributed by atoms with Gasteiger partial charge in [0.15, 0.2) is 0 Å². The van der Waals surface area contributed by atoms with Crippen molar-refractivity contribution in [3.63, 3.8) is 0 Å². The van der Waals surface area contributed by atoms with Gasteiger partial charge in [-0.05, 0) is 54.4 Å². The minimum Gasteiger partial charge on any atom is -0.497 e. The Morgan fingerprint density at radius 1 is 1.17 bits per heavy atom. The fourth-order valence-electron chi connectivity index (χ4n) is 4.38. The molecule has 2 atom stereocenters. The van der Waals surface area contributed by atoms with Crippen LogP contribution < -0.4 is 20.1 Å². The maximum Gasteiger partial charge on any atom is 0.237 e. The fourth-order valence-corrected chi connectivity index (χ4v) is 4.38. The Balaban J connectivity index is 1.33. The summed E-state index contributed by atoms with van der Waals surface area (Å²) in [5.74, 6) is 1.40. The van der Waals surface area contributed by atoms with Crippen molar-refractivity contribution >= 4 is 5.69 Å². The lowest BCUT2D eigenvalue weighted by atomic mass is 9.99. The molecule has 0 amide bonds. The van der Waals surface area contributed by atoms with Crippen molar-refractivity contribution in [2.75, 3.05) is 25.5 Å². The van der Waals surface area contributed by atoms with Crippen LogP contribution in [0.15, 0.2) is 73.2 Å². The van der Waals surface area contributed by atoms with Gasteiger partial charge in [-0.3, -0.25) is 4.68 Å². The Bertz CT molecular complexity index is 1360. The van der Waals surface area contributed by atoms with Crippen LogP contribution >= 0.6 is 0 Å². The number of ether oxygens (including phenoxy) is 2. The molecule has 0 bridgehead atoms. The Morgan fingerprint density at radius 2 is 1.97 bits per heavy atom. The summed E-state index contributed by atoms with van der Waals surface area (Å²) in [6, 6.07) is 19.9. The predicted molar refractivity (Wildman–Crippen MR) is 138 cm³/mol. The van der Waals surface area contributed by atoms with E-state index in [4.69, 9.17) is 14.7 Å². The van der Waals surface area contributed by atoms with Gasteiger partial charge in [0.25, 0.3) is 0 Å². The van der Waals surface area contributed by atoms with E-state index in [2.05, 4.69) is 45.0 Å². The van der Waals surface area contributed by atoms with E-state index in [1.165, 1.54) is 5.56 Å². The monoisotopic (exact) mass is 480 g/mol. The number of hydrogen-bond acceptors (Lipinski definition) is 7. The highest BCUT2D eigenvalue weighted by Gasteiger charge is 2.30. The molecule has 0 aliphatic carbocycles. The van der Waals surface area contributed by atoms with Crippen LogP contribution in [0.25, 0.3) is 11.1 Å². The summed E-state index contributed by atoms with van der Waals surface area (Å²) in [7, 11) is 3.56. The lowest BCUT2D eigenvalue weighted by Gasteiger charge is -2.33. The first-order chi connectivity index (χ1) is 17.6. The van der Waals surface area contributed by atoms with Crippen LogP contribution in [0.3, 0.4) is 0 Å². The van der Waals surface area contributed by atoms with Gasteiger partial charge in [-0.1, -0.05) is 24.3 Å². The summed E-state index contributed by atoms with van der Waals surface area (Å²) < 4.78 is 13.5. The third-order valence-corrected chi connectivity index (χ3v) is 6.35. The van der Waals surface area contributed by atoms with Crippen molar-refractivity contribution in [1.29, 1.82) is 5.26 Å². The minimum absolute atomic E-state index is 0.0604. The molecule has 2 N–H and O–H groups in total. The van der Waals surface area contributed by atoms with Gasteiger partial charge in [0.1, 0.15) is 11.9 Å². The van der Waals surface area contributed by atoms with Gasteiger partial charge >= 0.3 is 0 Å². The molecule has 0 unspecified atom stereocenters. The number of benzene rings is 2. The average molecular weight is 481 g/mol. The molecule has 0 saturated carbocycles. The Hall–Kier alpha value is -4.35. The number of hydrogen-bond donors (Lipinski definition) is 2. The number of nitriles is 1. The maximum atomic E-state index is 9.03. The number of anilines is 1. The molecule has 8 heteroatoms. The van der Waals surface area contributed by atoms with Gasteiger partial charge in [0, 0.05) is 30.6 Å². The second kappa shape index (κ2) is 10.5. The van der Waals surface area contributed by atoms with Gasteiger partial charge in [0.2, 0.25) is 5.88 Å². The van der Waals surface area contributed by atoms with Crippen LogP contribution in [0.1, 0.15) is 22.7 Å². The summed E-state index contributed by atoms with van der Waals surface area (Å²) >= 11 is 0. The number of fused-ring (bicyclic) bond motifs is 1. The van der Waals surface area contributed by atoms with Crippen LogP contribution in [0, 0.1) is 11.3 Å². The highest BCUT2D eigenvalue weighted by atomic mass is 16.5. The first-order valence-electron chi connectivity index (χ1n) is 11.9. The molecule has 4 aromatic rings. The van der Waals surface area contributed by atoms with Crippen molar-refractivity contribution in [3.8, 4) is 28.8 Å². The zero-order chi connectivity index (χ0) is 24.9. The maximum absolute atomic E-state index is 9.03. The van der Waals surface area contributed by atoms with E-state index in [1.54, 1.807) is 11.8 Å². The molecule has 2 aromatic carbocycles. The van der Waals surface area contributed by atoms with Crippen molar-refractivity contribution in [2.24, 2.45) is 7.05 Å². The summed E-state index contributed by atoms with van der Waals surface area (Å²) in [6.07, 6.45) is 6.28. The molecule has 3 heterocycles. The van der Waals surface area contributed by atoms with Crippen molar-refractivity contribution in [1.82, 2.24) is 20.1 Å². The molecule has 0 spiro atoms. The second-order valence-electron chi connectivity index (χ2n) is 8.78. The highest BCUT2D eigenvalue weighted by Crippen LogP contribution is 2.34. The molecule has 1 aliphatic heterocycles. The molecule has 0 radical (unpaired) electrons. The number of pyridine rings is 1. The molecule has 8 nitrogen and oxygen atoms in total. The van der Waals surface area contributed by atoms with Crippen molar-refractivity contribution < 1.29 is 9.47 Å². The SMILES string of the molecule is COc1ccc([C@H](NCCc2ccc(C#N)cc2)[C@H]2CNc3cc(-c4cnn(C)c4)cnc3O2)cc1. The first-order valence-corrected chi connectivity index (χ1v) is 11.9. The van der Waals surface area contributed by atoms with Gasteiger partial charge in [0.05, 0.1) is 43.2 Å². The van der Waals surface area contributed by atoms with E-state index >= 15 is 0 Å². The number of methoxy groups -OCH3 is 1. The van der Waals surface area contributed by atoms with Gasteiger partial charge in [-0.15, -0.1) is 0 Å². The number of aromatic nitrogens is 3. The molecule has 5 rings (SSSR count). The number of nitrogens with zero attached hydrogens (tertiary/aromatic N) is 4. The lowest BCUT2D eigenvalue weighted by Crippen LogP contribution is -2.43. The first kappa shape index (κ1) is 23.4. The Morgan fingerprint density at radius 3 is 2.67 bits per heavy atom. The predicted octanol–water partition coefficient (Wildman–Crippen LogP) is 4.11. The molecule has 2 aromatic heterocycles. The molecular weight excluding hydrogens is 452 g/mol. The molecule has 0 fully saturated rings. The summed E-state index contributed by atoms with van der Waals surface area (Å²) in [4.78, 5) is 4.61. The third-order valence-electron chi connectivity index (χ3n) is 6.35. The van der Waals surface area contributed by atoms with Crippen molar-refractivity contribution in [3.05, 3.63) is 89.9 Å². The fraction of sp³-hybridized carbons (Fsp3) is 0.250. The third kappa shape index (κ3) is 5.16. The topological polar surface area (TPSA) is 97.0 Å². The zero-order valence-electron chi connectivity index (χ0n) is 20.3. The summed E-state index contributed by atoms with van der Waals surface area (Å²) in [5, 5.41) is 20.5. The highest BCUT2D eigenvalue weighted by molar-refractivity contribution is 5.69. The lowest BCUT2D eigenvalue weighted by molar-refractivity contribution is 0.150. The normalized spacial score (nSPS) is 15.2. The summed E-state index contributed by atoms with van der Waals surface area (Å²) in [6.45, 7) is 1.38. The summed E-state index contributed by atoms with van der Waals surface area (Å²) in [5.41, 5.74) is 5.83. The minimum atomic E-state index is -0.163. The van der Waals surface area contributed by atoms with Crippen LogP contribution in [0.4, 0.5) is 5.69 Å². The van der Waals surface area contributed by atoms with Crippen LogP contribution in [0.5, 0.6) is 11.6 Å². The van der Waals surface area contributed by atoms with E-state index in [-0.39, 0.29) is 12.1 Å². The van der Waals surface area contributed by atoms with E-state index in [9.17, 15) is 0 Å². The van der Waals surface area contributed by atoms with E-state index in [0.29, 0.717) is 18.0 Å². The van der Waals surface area contributed by atoms with E-state index < -0.39 is 0 Å². The molecule has 0 saturated heterocycles. The second-order valence-corrected chi connectivity index (χ2v) is 8.78. The van der Waals surface area contributed by atoms with Gasteiger partial charge in [-0.25, -0.2) is 4.98 Å². The van der Waals surface area contributed by atoms with Crippen molar-refractivity contribution in [2.45, 2.75) is 18.6 Å². The van der Waals surface area contributed by atoms with Crippen LogP contribution in [-0.2, 0) is 13.5 Å². The van der Waals surface area contributed by atoms with Gasteiger partial charge < -0.3 is 20.1 Å². The van der Waals surface area contributed by atoms with Crippen LogP contribution in [0.2, 0.25) is 0 Å². The van der Waals surface area contributed by atoms with E-state index in [1.807, 2.05) is 62.0 Å². The Kier molecular flexibility index (Phi) is 6.83. The quantitative estimate of drug-likeness (QED) is 0.392. The largest absolute Gasteiger partial charge is 0.497 e. The van der Waals surface area contributed by atoms with E-state index in [0.717, 1.165) is 41.1 Å². The zero-order valence-corrected chi connectivity index (χ0v) is 20.3. The average Bonchev–Trinajstić information content (AvgIpc) is 3.37.